The summed E-state index contributed by atoms with van der Waals surface area (Å²) < 4.78 is 32.8. The van der Waals surface area contributed by atoms with E-state index in [9.17, 15) is 8.42 Å². The molecule has 0 saturated heterocycles. The van der Waals surface area contributed by atoms with E-state index in [1.807, 2.05) is 0 Å². The molecule has 0 bridgehead atoms. The average molecular weight is 378 g/mol. The number of ether oxygens (including phenoxy) is 1. The van der Waals surface area contributed by atoms with Crippen LogP contribution in [0.15, 0.2) is 39.0 Å². The summed E-state index contributed by atoms with van der Waals surface area (Å²) in [5.74, 6) is 0.532. The van der Waals surface area contributed by atoms with E-state index in [-0.39, 0.29) is 11.5 Å². The number of halogens is 1. The Morgan fingerprint density at radius 3 is 2.80 bits per heavy atom. The Labute approximate surface area is 129 Å². The van der Waals surface area contributed by atoms with Gasteiger partial charge in [-0.15, -0.1) is 11.3 Å². The van der Waals surface area contributed by atoms with Crippen LogP contribution in [0.4, 0.5) is 5.69 Å². The van der Waals surface area contributed by atoms with Crippen LogP contribution in [0.2, 0.25) is 0 Å². The lowest BCUT2D eigenvalue weighted by Crippen LogP contribution is -2.13. The summed E-state index contributed by atoms with van der Waals surface area (Å²) in [7, 11) is -2.23. The van der Waals surface area contributed by atoms with E-state index in [0.29, 0.717) is 20.8 Å². The molecule has 0 unspecified atom stereocenters. The van der Waals surface area contributed by atoms with Crippen molar-refractivity contribution in [1.82, 2.24) is 0 Å². The quantitative estimate of drug-likeness (QED) is 0.839. The number of aliphatic hydroxyl groups excluding tert-OH is 1. The largest absolute Gasteiger partial charge is 0.497 e. The van der Waals surface area contributed by atoms with Crippen molar-refractivity contribution in [3.05, 3.63) is 39.0 Å². The Bertz CT molecular complexity index is 712. The summed E-state index contributed by atoms with van der Waals surface area (Å²) in [6, 6.07) is 6.40. The van der Waals surface area contributed by atoms with E-state index in [1.165, 1.54) is 24.5 Å². The minimum absolute atomic E-state index is 0.0870. The molecule has 0 atom stereocenters. The van der Waals surface area contributed by atoms with Gasteiger partial charge in [0.15, 0.2) is 0 Å². The predicted molar refractivity (Wildman–Crippen MR) is 81.7 cm³/mol. The highest BCUT2D eigenvalue weighted by molar-refractivity contribution is 9.10. The number of aliphatic hydroxyl groups is 1. The second-order valence-corrected chi connectivity index (χ2v) is 7.42. The maximum Gasteiger partial charge on any atom is 0.263 e. The first-order valence-corrected chi connectivity index (χ1v) is 8.66. The molecular weight excluding hydrogens is 366 g/mol. The lowest BCUT2D eigenvalue weighted by Gasteiger charge is -2.10. The highest BCUT2D eigenvalue weighted by Crippen LogP contribution is 2.28. The molecule has 8 heteroatoms. The number of sulfonamides is 1. The molecular formula is C12H12BrNO4S2. The standard InChI is InChI=1S/C12H12BrNO4S2/c1-18-10-5-8(13)4-9(6-10)14-20(16,17)12-2-3-19-11(12)7-15/h2-6,14-15H,7H2,1H3. The van der Waals surface area contributed by atoms with Crippen LogP contribution in [-0.2, 0) is 16.6 Å². The first kappa shape index (κ1) is 15.3. The predicted octanol–water partition coefficient (Wildman–Crippen LogP) is 2.81. The van der Waals surface area contributed by atoms with Gasteiger partial charge in [0.1, 0.15) is 10.6 Å². The van der Waals surface area contributed by atoms with Gasteiger partial charge in [-0.1, -0.05) is 15.9 Å². The average Bonchev–Trinajstić information content (AvgIpc) is 2.86. The third-order valence-corrected chi connectivity index (χ3v) is 5.46. The van der Waals surface area contributed by atoms with Crippen molar-refractivity contribution in [1.29, 1.82) is 0 Å². The lowest BCUT2D eigenvalue weighted by atomic mass is 10.3. The van der Waals surface area contributed by atoms with Crippen molar-refractivity contribution < 1.29 is 18.3 Å². The highest BCUT2D eigenvalue weighted by atomic mass is 79.9. The smallest absolute Gasteiger partial charge is 0.263 e. The van der Waals surface area contributed by atoms with E-state index in [1.54, 1.807) is 23.6 Å². The molecule has 0 amide bonds. The summed E-state index contributed by atoms with van der Waals surface area (Å²) in [6.07, 6.45) is 0. The first-order valence-electron chi connectivity index (χ1n) is 5.51. The molecule has 0 fully saturated rings. The Balaban J connectivity index is 2.36. The second-order valence-electron chi connectivity index (χ2n) is 3.85. The maximum atomic E-state index is 12.3. The second kappa shape index (κ2) is 6.13. The van der Waals surface area contributed by atoms with Gasteiger partial charge in [-0.2, -0.15) is 0 Å². The lowest BCUT2D eigenvalue weighted by molar-refractivity contribution is 0.282. The molecule has 1 aromatic heterocycles. The number of nitrogens with one attached hydrogen (secondary N) is 1. The van der Waals surface area contributed by atoms with Crippen molar-refractivity contribution in [2.24, 2.45) is 0 Å². The molecule has 0 spiro atoms. The Kier molecular flexibility index (Phi) is 4.69. The summed E-state index contributed by atoms with van der Waals surface area (Å²) in [5, 5.41) is 10.8. The molecule has 2 N–H and O–H groups in total. The molecule has 0 aliphatic rings. The molecule has 1 aromatic carbocycles. The van der Waals surface area contributed by atoms with Gasteiger partial charge in [0.05, 0.1) is 24.3 Å². The van der Waals surface area contributed by atoms with Crippen LogP contribution in [0.3, 0.4) is 0 Å². The number of benzene rings is 1. The molecule has 0 saturated carbocycles. The highest BCUT2D eigenvalue weighted by Gasteiger charge is 2.19. The monoisotopic (exact) mass is 377 g/mol. The molecule has 2 rings (SSSR count). The Morgan fingerprint density at radius 1 is 1.40 bits per heavy atom. The molecule has 0 radical (unpaired) electrons. The number of hydrogen-bond donors (Lipinski definition) is 2. The third-order valence-electron chi connectivity index (χ3n) is 2.50. The number of hydrogen-bond acceptors (Lipinski definition) is 5. The van der Waals surface area contributed by atoms with E-state index in [2.05, 4.69) is 20.7 Å². The van der Waals surface area contributed by atoms with Gasteiger partial charge < -0.3 is 9.84 Å². The van der Waals surface area contributed by atoms with Gasteiger partial charge in [-0.25, -0.2) is 8.42 Å². The summed E-state index contributed by atoms with van der Waals surface area (Å²) in [5.41, 5.74) is 0.381. The van der Waals surface area contributed by atoms with Crippen LogP contribution < -0.4 is 9.46 Å². The fourth-order valence-corrected chi connectivity index (χ4v) is 4.44. The third kappa shape index (κ3) is 3.32. The van der Waals surface area contributed by atoms with Gasteiger partial charge in [0.25, 0.3) is 10.0 Å². The fourth-order valence-electron chi connectivity index (χ4n) is 1.63. The summed E-state index contributed by atoms with van der Waals surface area (Å²) >= 11 is 4.48. The topological polar surface area (TPSA) is 75.6 Å². The van der Waals surface area contributed by atoms with Gasteiger partial charge in [-0.05, 0) is 23.6 Å². The molecule has 0 aliphatic carbocycles. The zero-order valence-corrected chi connectivity index (χ0v) is 13.7. The van der Waals surface area contributed by atoms with Crippen molar-refractivity contribution in [3.8, 4) is 5.75 Å². The van der Waals surface area contributed by atoms with Gasteiger partial charge >= 0.3 is 0 Å². The van der Waals surface area contributed by atoms with Crippen LogP contribution in [0.25, 0.3) is 0 Å². The van der Waals surface area contributed by atoms with E-state index < -0.39 is 10.0 Å². The van der Waals surface area contributed by atoms with Crippen LogP contribution in [0.1, 0.15) is 4.88 Å². The minimum atomic E-state index is -3.73. The van der Waals surface area contributed by atoms with Crippen LogP contribution in [0, 0.1) is 0 Å². The number of anilines is 1. The molecule has 2 aromatic rings. The SMILES string of the molecule is COc1cc(Br)cc(NS(=O)(=O)c2ccsc2CO)c1. The number of rotatable bonds is 5. The normalized spacial score (nSPS) is 11.3. The fraction of sp³-hybridized carbons (Fsp3) is 0.167. The zero-order valence-electron chi connectivity index (χ0n) is 10.5. The summed E-state index contributed by atoms with van der Waals surface area (Å²) in [6.45, 7) is -0.310. The van der Waals surface area contributed by atoms with E-state index in [0.717, 1.165) is 0 Å². The minimum Gasteiger partial charge on any atom is -0.497 e. The molecule has 20 heavy (non-hydrogen) atoms. The number of methoxy groups -OCH3 is 1. The zero-order chi connectivity index (χ0) is 14.8. The van der Waals surface area contributed by atoms with Gasteiger partial charge in [-0.3, -0.25) is 4.72 Å². The van der Waals surface area contributed by atoms with Crippen LogP contribution in [0.5, 0.6) is 5.75 Å². The van der Waals surface area contributed by atoms with Gasteiger partial charge in [0, 0.05) is 10.5 Å². The van der Waals surface area contributed by atoms with E-state index in [4.69, 9.17) is 9.84 Å². The van der Waals surface area contributed by atoms with Crippen molar-refractivity contribution >= 4 is 43.0 Å². The van der Waals surface area contributed by atoms with E-state index >= 15 is 0 Å². The van der Waals surface area contributed by atoms with Gasteiger partial charge in [0.2, 0.25) is 0 Å². The van der Waals surface area contributed by atoms with Crippen molar-refractivity contribution in [3.63, 3.8) is 0 Å². The molecule has 5 nitrogen and oxygen atoms in total. The number of thiophene rings is 1. The Hall–Kier alpha value is -1.09. The maximum absolute atomic E-state index is 12.3. The Morgan fingerprint density at radius 2 is 2.15 bits per heavy atom. The van der Waals surface area contributed by atoms with Crippen molar-refractivity contribution in [2.75, 3.05) is 11.8 Å². The van der Waals surface area contributed by atoms with Crippen molar-refractivity contribution in [2.45, 2.75) is 11.5 Å². The van der Waals surface area contributed by atoms with Crippen LogP contribution in [-0.4, -0.2) is 20.6 Å². The molecule has 0 aliphatic heterocycles. The summed E-state index contributed by atoms with van der Waals surface area (Å²) in [4.78, 5) is 0.489. The van der Waals surface area contributed by atoms with Crippen LogP contribution >= 0.6 is 27.3 Å². The molecule has 1 heterocycles. The first-order chi connectivity index (χ1) is 9.46. The molecule has 108 valence electrons.